The highest BCUT2D eigenvalue weighted by Crippen LogP contribution is 2.44. The lowest BCUT2D eigenvalue weighted by Crippen LogP contribution is -2.40. The lowest BCUT2D eigenvalue weighted by Gasteiger charge is -2.42. The number of fused-ring (bicyclic) bond motifs is 1. The maximum Gasteiger partial charge on any atom is 0.308 e. The quantitative estimate of drug-likeness (QED) is 0.695. The Morgan fingerprint density at radius 3 is 2.89 bits per heavy atom. The highest BCUT2D eigenvalue weighted by atomic mass is 16.5. The third-order valence-corrected chi connectivity index (χ3v) is 6.69. The third kappa shape index (κ3) is 4.86. The summed E-state index contributed by atoms with van der Waals surface area (Å²) in [7, 11) is 0. The van der Waals surface area contributed by atoms with Gasteiger partial charge in [0.1, 0.15) is 12.2 Å². The minimum atomic E-state index is -0.593. The van der Waals surface area contributed by atoms with Crippen molar-refractivity contribution in [3.8, 4) is 0 Å². The summed E-state index contributed by atoms with van der Waals surface area (Å²) in [5, 5.41) is 9.86. The van der Waals surface area contributed by atoms with Gasteiger partial charge in [-0.1, -0.05) is 39.0 Å². The average molecular weight is 391 g/mol. The number of esters is 2. The second-order valence-corrected chi connectivity index (χ2v) is 8.76. The molecular formula is C23H34O5. The molecule has 0 radical (unpaired) electrons. The van der Waals surface area contributed by atoms with Gasteiger partial charge in [0.05, 0.1) is 18.4 Å². The van der Waals surface area contributed by atoms with Crippen molar-refractivity contribution < 1.29 is 24.2 Å². The molecule has 0 amide bonds. The van der Waals surface area contributed by atoms with Gasteiger partial charge in [0, 0.05) is 12.3 Å². The van der Waals surface area contributed by atoms with Crippen molar-refractivity contribution in [1.29, 1.82) is 0 Å². The number of rotatable bonds is 6. The number of carbonyl (C=O) groups excluding carboxylic acids is 2. The molecule has 1 aliphatic heterocycles. The second-order valence-electron chi connectivity index (χ2n) is 8.76. The summed E-state index contributed by atoms with van der Waals surface area (Å²) in [6, 6.07) is 0. The Kier molecular flexibility index (Phi) is 6.97. The first kappa shape index (κ1) is 21.1. The number of aliphatic hydroxyl groups is 1. The van der Waals surface area contributed by atoms with Gasteiger partial charge in [-0.05, 0) is 49.5 Å². The van der Waals surface area contributed by atoms with Gasteiger partial charge in [-0.2, -0.15) is 0 Å². The molecular weight excluding hydrogens is 356 g/mol. The molecule has 5 nitrogen and oxygen atoms in total. The summed E-state index contributed by atoms with van der Waals surface area (Å²) in [5.41, 5.74) is 1.27. The molecule has 0 spiro atoms. The van der Waals surface area contributed by atoms with E-state index >= 15 is 0 Å². The van der Waals surface area contributed by atoms with Crippen molar-refractivity contribution in [1.82, 2.24) is 0 Å². The van der Waals surface area contributed by atoms with Crippen molar-refractivity contribution in [3.63, 3.8) is 0 Å². The van der Waals surface area contributed by atoms with Crippen LogP contribution in [0.5, 0.6) is 0 Å². The van der Waals surface area contributed by atoms with E-state index in [1.807, 2.05) is 13.8 Å². The first-order valence-corrected chi connectivity index (χ1v) is 10.8. The van der Waals surface area contributed by atoms with E-state index in [1.54, 1.807) is 0 Å². The van der Waals surface area contributed by atoms with Crippen LogP contribution >= 0.6 is 0 Å². The highest BCUT2D eigenvalue weighted by Gasteiger charge is 2.40. The maximum absolute atomic E-state index is 12.4. The molecule has 0 aromatic heterocycles. The summed E-state index contributed by atoms with van der Waals surface area (Å²) in [6.07, 6.45) is 10.6. The minimum Gasteiger partial charge on any atom is -0.462 e. The van der Waals surface area contributed by atoms with E-state index in [0.29, 0.717) is 18.3 Å². The second kappa shape index (κ2) is 9.25. The predicted molar refractivity (Wildman–Crippen MR) is 106 cm³/mol. The Morgan fingerprint density at radius 1 is 1.39 bits per heavy atom. The van der Waals surface area contributed by atoms with Gasteiger partial charge in [0.25, 0.3) is 0 Å². The number of aliphatic hydroxyl groups excluding tert-OH is 1. The van der Waals surface area contributed by atoms with Crippen LogP contribution < -0.4 is 0 Å². The zero-order chi connectivity index (χ0) is 20.3. The fourth-order valence-corrected chi connectivity index (χ4v) is 4.80. The summed E-state index contributed by atoms with van der Waals surface area (Å²) in [6.45, 7) is 6.14. The van der Waals surface area contributed by atoms with Gasteiger partial charge in [-0.3, -0.25) is 9.59 Å². The van der Waals surface area contributed by atoms with Crippen LogP contribution in [0.4, 0.5) is 0 Å². The standard InChI is InChI=1S/C23H34O5/c1-4-14(2)23(26)28-20-7-5-6-16-9-8-15(3)19(22(16)20)11-10-18-12-17(24)13-21(25)27-18/h6,8-9,14-15,17-20,22,24H,4-5,7,10-13H2,1-3H3/t14-,15+,17-,18+,19+,20-,22+/m0/s1. The molecule has 1 N–H and O–H groups in total. The van der Waals surface area contributed by atoms with Gasteiger partial charge < -0.3 is 14.6 Å². The monoisotopic (exact) mass is 390 g/mol. The van der Waals surface area contributed by atoms with Crippen LogP contribution in [0.25, 0.3) is 0 Å². The van der Waals surface area contributed by atoms with E-state index < -0.39 is 6.10 Å². The number of hydrogen-bond acceptors (Lipinski definition) is 5. The molecule has 1 heterocycles. The van der Waals surface area contributed by atoms with Crippen LogP contribution in [0.3, 0.4) is 0 Å². The Balaban J connectivity index is 1.70. The topological polar surface area (TPSA) is 72.8 Å². The Labute approximate surface area is 168 Å². The number of allylic oxidation sites excluding steroid dienone is 3. The van der Waals surface area contributed by atoms with Crippen molar-refractivity contribution in [2.45, 2.75) is 84.0 Å². The van der Waals surface area contributed by atoms with E-state index in [-0.39, 0.29) is 42.4 Å². The zero-order valence-electron chi connectivity index (χ0n) is 17.3. The largest absolute Gasteiger partial charge is 0.462 e. The van der Waals surface area contributed by atoms with Crippen LogP contribution in [0.2, 0.25) is 0 Å². The van der Waals surface area contributed by atoms with E-state index in [9.17, 15) is 14.7 Å². The molecule has 7 atom stereocenters. The van der Waals surface area contributed by atoms with Gasteiger partial charge in [0.15, 0.2) is 0 Å². The van der Waals surface area contributed by atoms with Crippen molar-refractivity contribution >= 4 is 11.9 Å². The molecule has 0 bridgehead atoms. The molecule has 0 unspecified atom stereocenters. The van der Waals surface area contributed by atoms with Gasteiger partial charge in [-0.25, -0.2) is 0 Å². The zero-order valence-corrected chi connectivity index (χ0v) is 17.3. The first-order valence-electron chi connectivity index (χ1n) is 10.8. The average Bonchev–Trinajstić information content (AvgIpc) is 2.66. The smallest absolute Gasteiger partial charge is 0.308 e. The van der Waals surface area contributed by atoms with Gasteiger partial charge in [0.2, 0.25) is 0 Å². The molecule has 0 aromatic carbocycles. The van der Waals surface area contributed by atoms with Gasteiger partial charge >= 0.3 is 11.9 Å². The summed E-state index contributed by atoms with van der Waals surface area (Å²) in [4.78, 5) is 24.1. The summed E-state index contributed by atoms with van der Waals surface area (Å²) in [5.74, 6) is 0.426. The fraction of sp³-hybridized carbons (Fsp3) is 0.739. The summed E-state index contributed by atoms with van der Waals surface area (Å²) < 4.78 is 11.4. The van der Waals surface area contributed by atoms with Crippen molar-refractivity contribution in [2.24, 2.45) is 23.7 Å². The van der Waals surface area contributed by atoms with Crippen LogP contribution in [0, 0.1) is 23.7 Å². The molecule has 1 fully saturated rings. The number of hydrogen-bond donors (Lipinski definition) is 1. The van der Waals surface area contributed by atoms with Crippen molar-refractivity contribution in [3.05, 3.63) is 23.8 Å². The SMILES string of the molecule is CC[C@H](C)C(=O)O[C@H]1CCC=C2C=C[C@@H](C)[C@@H](CC[C@@H]3C[C@H](O)CC(=O)O3)[C@@H]21. The summed E-state index contributed by atoms with van der Waals surface area (Å²) >= 11 is 0. The van der Waals surface area contributed by atoms with Crippen LogP contribution in [-0.4, -0.2) is 35.4 Å². The molecule has 156 valence electrons. The van der Waals surface area contributed by atoms with E-state index in [1.165, 1.54) is 5.57 Å². The van der Waals surface area contributed by atoms with E-state index in [2.05, 4.69) is 25.2 Å². The molecule has 0 saturated carbocycles. The Hall–Kier alpha value is -1.62. The normalized spacial score (nSPS) is 36.1. The molecule has 0 aromatic rings. The number of ether oxygens (including phenoxy) is 2. The Bertz CT molecular complexity index is 637. The first-order chi connectivity index (χ1) is 13.4. The lowest BCUT2D eigenvalue weighted by atomic mass is 9.66. The van der Waals surface area contributed by atoms with Crippen molar-refractivity contribution in [2.75, 3.05) is 0 Å². The Morgan fingerprint density at radius 2 is 2.18 bits per heavy atom. The lowest BCUT2D eigenvalue weighted by molar-refractivity contribution is -0.162. The van der Waals surface area contributed by atoms with Gasteiger partial charge in [-0.15, -0.1) is 0 Å². The predicted octanol–water partition coefficient (Wildman–Crippen LogP) is 3.95. The van der Waals surface area contributed by atoms with Crippen LogP contribution in [0.1, 0.15) is 65.7 Å². The molecule has 1 saturated heterocycles. The molecule has 3 rings (SSSR count). The number of cyclic esters (lactones) is 1. The maximum atomic E-state index is 12.4. The fourth-order valence-electron chi connectivity index (χ4n) is 4.80. The molecule has 5 heteroatoms. The highest BCUT2D eigenvalue weighted by molar-refractivity contribution is 5.72. The molecule has 2 aliphatic carbocycles. The molecule has 3 aliphatic rings. The van der Waals surface area contributed by atoms with Crippen LogP contribution in [0.15, 0.2) is 23.8 Å². The third-order valence-electron chi connectivity index (χ3n) is 6.69. The van der Waals surface area contributed by atoms with E-state index in [4.69, 9.17) is 9.47 Å². The number of carbonyl (C=O) groups is 2. The minimum absolute atomic E-state index is 0.0764. The molecule has 28 heavy (non-hydrogen) atoms. The van der Waals surface area contributed by atoms with Crippen LogP contribution in [-0.2, 0) is 19.1 Å². The van der Waals surface area contributed by atoms with E-state index in [0.717, 1.165) is 32.1 Å².